The molecule has 0 heterocycles. The molecule has 0 aliphatic carbocycles. The molecule has 0 unspecified atom stereocenters. The van der Waals surface area contributed by atoms with Gasteiger partial charge in [-0.15, -0.1) is 0 Å². The zero-order valence-corrected chi connectivity index (χ0v) is 10.7. The molecule has 0 saturated heterocycles. The molecule has 0 rings (SSSR count). The summed E-state index contributed by atoms with van der Waals surface area (Å²) >= 11 is 2.49. The Balaban J connectivity index is 4.20. The van der Waals surface area contributed by atoms with Gasteiger partial charge in [0.15, 0.2) is 0 Å². The smallest absolute Gasteiger partial charge is 0.0768 e. The van der Waals surface area contributed by atoms with Gasteiger partial charge in [-0.3, -0.25) is 0 Å². The molecule has 0 fully saturated rings. The van der Waals surface area contributed by atoms with E-state index in [1.165, 1.54) is 0 Å². The van der Waals surface area contributed by atoms with E-state index in [0.717, 1.165) is 0 Å². The highest BCUT2D eigenvalue weighted by molar-refractivity contribution is 14.1. The van der Waals surface area contributed by atoms with E-state index < -0.39 is 8.07 Å². The van der Waals surface area contributed by atoms with Gasteiger partial charge in [0.1, 0.15) is 0 Å². The summed E-state index contributed by atoms with van der Waals surface area (Å²) in [6.07, 6.45) is 2.38. The molecule has 0 radical (unpaired) electrons. The van der Waals surface area contributed by atoms with Crippen LogP contribution in [0.25, 0.3) is 0 Å². The van der Waals surface area contributed by atoms with Crippen LogP contribution in [0.4, 0.5) is 0 Å². The van der Waals surface area contributed by atoms with Crippen molar-refractivity contribution >= 4 is 30.7 Å². The molecule has 10 heavy (non-hydrogen) atoms. The third kappa shape index (κ3) is 4.49. The van der Waals surface area contributed by atoms with Crippen LogP contribution in [0.5, 0.6) is 0 Å². The predicted octanol–water partition coefficient (Wildman–Crippen LogP) is 3.84. The molecule has 0 aliphatic rings. The van der Waals surface area contributed by atoms with Crippen molar-refractivity contribution < 1.29 is 0 Å². The number of rotatable bonds is 2. The first-order valence-electron chi connectivity index (χ1n) is 3.72. The van der Waals surface area contributed by atoms with Gasteiger partial charge < -0.3 is 0 Å². The van der Waals surface area contributed by atoms with Crippen molar-refractivity contribution in [2.75, 3.05) is 0 Å². The summed E-state index contributed by atoms with van der Waals surface area (Å²) in [5.41, 5.74) is 0. The molecule has 0 saturated carbocycles. The zero-order chi connectivity index (χ0) is 8.36. The minimum Gasteiger partial charge on any atom is -0.0768 e. The molecule has 0 atom stereocenters. The molecule has 60 valence electrons. The van der Waals surface area contributed by atoms with E-state index in [0.29, 0.717) is 5.92 Å². The van der Waals surface area contributed by atoms with E-state index in [9.17, 15) is 0 Å². The molecule has 0 aliphatic heterocycles. The van der Waals surface area contributed by atoms with Gasteiger partial charge in [-0.05, 0) is 9.12 Å². The van der Waals surface area contributed by atoms with Gasteiger partial charge in [0, 0.05) is 0 Å². The number of halogens is 1. The van der Waals surface area contributed by atoms with Crippen LogP contribution in [0.2, 0.25) is 19.6 Å². The van der Waals surface area contributed by atoms with Crippen LogP contribution in [-0.4, -0.2) is 8.07 Å². The summed E-state index contributed by atoms with van der Waals surface area (Å²) in [4.78, 5) is 0. The average Bonchev–Trinajstić information content (AvgIpc) is 1.60. The first kappa shape index (κ1) is 10.7. The first-order valence-corrected chi connectivity index (χ1v) is 8.29. The Morgan fingerprint density at radius 3 is 1.80 bits per heavy atom. The van der Waals surface area contributed by atoms with E-state index in [1.54, 1.807) is 3.20 Å². The fraction of sp³-hybridized carbons (Fsp3) is 0.750. The molecular formula is C8H17ISi. The molecule has 0 aromatic heterocycles. The summed E-state index contributed by atoms with van der Waals surface area (Å²) in [6.45, 7) is 11.6. The van der Waals surface area contributed by atoms with E-state index in [-0.39, 0.29) is 0 Å². The van der Waals surface area contributed by atoms with Crippen LogP contribution in [0.3, 0.4) is 0 Å². The standard InChI is InChI=1S/C8H17ISi/c1-7(2)6-8(9)10(3,4)5/h6-7H,1-5H3/b8-6+. The Labute approximate surface area is 79.2 Å². The predicted molar refractivity (Wildman–Crippen MR) is 60.3 cm³/mol. The lowest BCUT2D eigenvalue weighted by molar-refractivity contribution is 0.832. The third-order valence-electron chi connectivity index (χ3n) is 1.20. The lowest BCUT2D eigenvalue weighted by Gasteiger charge is -2.15. The quantitative estimate of drug-likeness (QED) is 0.527. The summed E-state index contributed by atoms with van der Waals surface area (Å²) < 4.78 is 1.60. The van der Waals surface area contributed by atoms with Crippen LogP contribution in [0.15, 0.2) is 9.28 Å². The molecule has 0 spiro atoms. The summed E-state index contributed by atoms with van der Waals surface area (Å²) in [5.74, 6) is 0.707. The van der Waals surface area contributed by atoms with Gasteiger partial charge in [0.05, 0.1) is 8.07 Å². The summed E-state index contributed by atoms with van der Waals surface area (Å²) in [5, 5.41) is 0. The number of hydrogen-bond donors (Lipinski definition) is 0. The fourth-order valence-corrected chi connectivity index (χ4v) is 2.10. The third-order valence-corrected chi connectivity index (χ3v) is 8.01. The second kappa shape index (κ2) is 3.90. The lowest BCUT2D eigenvalue weighted by Crippen LogP contribution is -2.20. The number of hydrogen-bond acceptors (Lipinski definition) is 0. The van der Waals surface area contributed by atoms with E-state index in [2.05, 4.69) is 62.2 Å². The van der Waals surface area contributed by atoms with Gasteiger partial charge in [0.25, 0.3) is 0 Å². The molecule has 0 N–H and O–H groups in total. The highest BCUT2D eigenvalue weighted by Gasteiger charge is 2.16. The normalized spacial score (nSPS) is 14.5. The van der Waals surface area contributed by atoms with Crippen molar-refractivity contribution in [3.05, 3.63) is 9.28 Å². The summed E-state index contributed by atoms with van der Waals surface area (Å²) in [7, 11) is -0.976. The van der Waals surface area contributed by atoms with Crippen molar-refractivity contribution in [3.63, 3.8) is 0 Å². The molecule has 0 bridgehead atoms. The maximum absolute atomic E-state index is 2.49. The van der Waals surface area contributed by atoms with Crippen molar-refractivity contribution in [1.82, 2.24) is 0 Å². The van der Waals surface area contributed by atoms with Gasteiger partial charge in [0.2, 0.25) is 0 Å². The average molecular weight is 268 g/mol. The van der Waals surface area contributed by atoms with Gasteiger partial charge in [-0.2, -0.15) is 0 Å². The molecule has 0 nitrogen and oxygen atoms in total. The van der Waals surface area contributed by atoms with Crippen LogP contribution in [0.1, 0.15) is 13.8 Å². The minimum atomic E-state index is -0.976. The Morgan fingerprint density at radius 1 is 1.30 bits per heavy atom. The lowest BCUT2D eigenvalue weighted by atomic mass is 10.2. The molecule has 0 aromatic rings. The summed E-state index contributed by atoms with van der Waals surface area (Å²) in [6, 6.07) is 0. The molecule has 2 heteroatoms. The first-order chi connectivity index (χ1) is 4.34. The van der Waals surface area contributed by atoms with Crippen LogP contribution in [0, 0.1) is 5.92 Å². The second-order valence-corrected chi connectivity index (χ2v) is 11.2. The van der Waals surface area contributed by atoms with Crippen molar-refractivity contribution in [3.8, 4) is 0 Å². The topological polar surface area (TPSA) is 0 Å². The monoisotopic (exact) mass is 268 g/mol. The molecule has 0 aromatic carbocycles. The Morgan fingerprint density at radius 2 is 1.70 bits per heavy atom. The largest absolute Gasteiger partial charge is 0.0850 e. The van der Waals surface area contributed by atoms with E-state index in [4.69, 9.17) is 0 Å². The van der Waals surface area contributed by atoms with E-state index >= 15 is 0 Å². The fourth-order valence-electron chi connectivity index (χ4n) is 0.543. The highest BCUT2D eigenvalue weighted by Crippen LogP contribution is 2.22. The van der Waals surface area contributed by atoms with Crippen molar-refractivity contribution in [2.24, 2.45) is 5.92 Å². The maximum atomic E-state index is 2.49. The molecular weight excluding hydrogens is 251 g/mol. The Kier molecular flexibility index (Phi) is 4.17. The zero-order valence-electron chi connectivity index (χ0n) is 7.53. The van der Waals surface area contributed by atoms with Gasteiger partial charge in [-0.1, -0.05) is 62.2 Å². The molecule has 0 amide bonds. The van der Waals surface area contributed by atoms with Gasteiger partial charge >= 0.3 is 0 Å². The van der Waals surface area contributed by atoms with Crippen molar-refractivity contribution in [1.29, 1.82) is 0 Å². The minimum absolute atomic E-state index is 0.707. The van der Waals surface area contributed by atoms with Crippen LogP contribution < -0.4 is 0 Å². The van der Waals surface area contributed by atoms with Crippen LogP contribution >= 0.6 is 22.6 Å². The van der Waals surface area contributed by atoms with Crippen LogP contribution in [-0.2, 0) is 0 Å². The van der Waals surface area contributed by atoms with Gasteiger partial charge in [-0.25, -0.2) is 0 Å². The Hall–Kier alpha value is 0.687. The number of allylic oxidation sites excluding steroid dienone is 1. The van der Waals surface area contributed by atoms with Crippen molar-refractivity contribution in [2.45, 2.75) is 33.5 Å². The maximum Gasteiger partial charge on any atom is 0.0850 e. The van der Waals surface area contributed by atoms with E-state index in [1.807, 2.05) is 0 Å². The highest BCUT2D eigenvalue weighted by atomic mass is 127. The Bertz CT molecular complexity index is 131. The SMILES string of the molecule is CC(C)/C=C(\I)[Si](C)(C)C. The second-order valence-electron chi connectivity index (χ2n) is 4.01.